The highest BCUT2D eigenvalue weighted by atomic mass is 16.5. The van der Waals surface area contributed by atoms with Gasteiger partial charge in [-0.2, -0.15) is 0 Å². The van der Waals surface area contributed by atoms with Crippen molar-refractivity contribution in [1.29, 1.82) is 0 Å². The lowest BCUT2D eigenvalue weighted by atomic mass is 9.83. The van der Waals surface area contributed by atoms with Gasteiger partial charge in [0.05, 0.1) is 13.2 Å². The number of benzene rings is 1. The second-order valence-electron chi connectivity index (χ2n) is 6.03. The summed E-state index contributed by atoms with van der Waals surface area (Å²) in [4.78, 5) is 49.6. The number of carbonyl (C=O) groups is 4. The topological polar surface area (TPSA) is 96.0 Å². The molecule has 0 spiro atoms. The van der Waals surface area contributed by atoms with Crippen LogP contribution in [-0.2, 0) is 23.9 Å². The minimum Gasteiger partial charge on any atom is -0.466 e. The lowest BCUT2D eigenvalue weighted by molar-refractivity contribution is -0.171. The van der Waals surface area contributed by atoms with Gasteiger partial charge in [-0.25, -0.2) is 14.8 Å². The second kappa shape index (κ2) is 4.88. The Bertz CT molecular complexity index is 764. The van der Waals surface area contributed by atoms with Gasteiger partial charge in [-0.3, -0.25) is 14.4 Å². The first-order valence-electron chi connectivity index (χ1n) is 7.61. The van der Waals surface area contributed by atoms with E-state index in [1.54, 1.807) is 5.01 Å². The molecule has 2 amide bonds. The molecular formula is C16H15N3O5. The molecule has 1 N–H and O–H groups in total. The van der Waals surface area contributed by atoms with Gasteiger partial charge in [0.2, 0.25) is 17.4 Å². The molecular weight excluding hydrogens is 314 g/mol. The Kier molecular flexibility index (Phi) is 3.01. The molecule has 1 aromatic rings. The van der Waals surface area contributed by atoms with Crippen molar-refractivity contribution in [2.24, 2.45) is 5.92 Å². The molecule has 3 atom stereocenters. The summed E-state index contributed by atoms with van der Waals surface area (Å²) in [7, 11) is 1.17. The van der Waals surface area contributed by atoms with Crippen molar-refractivity contribution in [1.82, 2.24) is 15.3 Å². The minimum atomic E-state index is -1.79. The summed E-state index contributed by atoms with van der Waals surface area (Å²) >= 11 is 0. The summed E-state index contributed by atoms with van der Waals surface area (Å²) in [6.07, 6.45) is 0.207. The molecule has 0 aromatic heterocycles. The first-order valence-corrected chi connectivity index (χ1v) is 7.61. The van der Waals surface area contributed by atoms with Crippen molar-refractivity contribution in [3.63, 3.8) is 0 Å². The number of esters is 1. The van der Waals surface area contributed by atoms with Crippen LogP contribution in [0.5, 0.6) is 0 Å². The number of carbonyl (C=O) groups excluding carboxylic acids is 4. The van der Waals surface area contributed by atoms with E-state index in [4.69, 9.17) is 4.74 Å². The lowest BCUT2D eigenvalue weighted by Crippen LogP contribution is -2.63. The first-order chi connectivity index (χ1) is 11.5. The number of amides is 2. The highest BCUT2D eigenvalue weighted by Gasteiger charge is 2.74. The fourth-order valence-corrected chi connectivity index (χ4v) is 4.03. The van der Waals surface area contributed by atoms with Crippen molar-refractivity contribution in [3.8, 4) is 0 Å². The molecule has 8 nitrogen and oxygen atoms in total. The van der Waals surface area contributed by atoms with Crippen LogP contribution in [0, 0.1) is 5.92 Å². The van der Waals surface area contributed by atoms with Crippen molar-refractivity contribution < 1.29 is 23.9 Å². The van der Waals surface area contributed by atoms with E-state index in [1.165, 1.54) is 12.1 Å². The van der Waals surface area contributed by atoms with Crippen molar-refractivity contribution in [2.45, 2.75) is 18.1 Å². The molecule has 3 heterocycles. The molecule has 4 rings (SSSR count). The number of hydrogen-bond acceptors (Lipinski definition) is 6. The van der Waals surface area contributed by atoms with E-state index in [2.05, 4.69) is 5.32 Å². The van der Waals surface area contributed by atoms with Gasteiger partial charge in [0.25, 0.3) is 5.91 Å². The maximum Gasteiger partial charge on any atom is 0.355 e. The first kappa shape index (κ1) is 14.8. The minimum absolute atomic E-state index is 0.207. The number of hydrogen-bond donors (Lipinski definition) is 1. The van der Waals surface area contributed by atoms with Gasteiger partial charge in [-0.1, -0.05) is 30.3 Å². The maximum absolute atomic E-state index is 12.6. The summed E-state index contributed by atoms with van der Waals surface area (Å²) in [6.45, 7) is 0.372. The second-order valence-corrected chi connectivity index (χ2v) is 6.03. The molecule has 3 unspecified atom stereocenters. The van der Waals surface area contributed by atoms with E-state index in [9.17, 15) is 19.2 Å². The van der Waals surface area contributed by atoms with Gasteiger partial charge < -0.3 is 10.1 Å². The molecule has 3 aliphatic rings. The monoisotopic (exact) mass is 329 g/mol. The van der Waals surface area contributed by atoms with Gasteiger partial charge in [0.1, 0.15) is 5.92 Å². The number of ketones is 1. The Morgan fingerprint density at radius 1 is 1.25 bits per heavy atom. The van der Waals surface area contributed by atoms with Crippen molar-refractivity contribution >= 4 is 23.6 Å². The molecule has 0 bridgehead atoms. The summed E-state index contributed by atoms with van der Waals surface area (Å²) in [5.41, 5.74) is -1.03. The highest BCUT2D eigenvalue weighted by molar-refractivity contribution is 6.41. The number of nitrogens with zero attached hydrogens (tertiary/aromatic N) is 2. The predicted octanol–water partition coefficient (Wildman–Crippen LogP) is -0.625. The van der Waals surface area contributed by atoms with Gasteiger partial charge in [-0.15, -0.1) is 0 Å². The molecule has 3 saturated heterocycles. The van der Waals surface area contributed by atoms with Crippen LogP contribution >= 0.6 is 0 Å². The number of hydrazine groups is 1. The molecule has 3 aliphatic heterocycles. The normalized spacial score (nSPS) is 31.9. The third-order valence-corrected chi connectivity index (χ3v) is 4.92. The van der Waals surface area contributed by atoms with E-state index >= 15 is 0 Å². The van der Waals surface area contributed by atoms with Gasteiger partial charge in [0.15, 0.2) is 0 Å². The number of Topliss-reactive ketones (excluding diaryl/α,β-unsaturated/α-hetero) is 1. The quantitative estimate of drug-likeness (QED) is 0.574. The molecule has 24 heavy (non-hydrogen) atoms. The number of nitrogens with one attached hydrogen (secondary N) is 1. The highest BCUT2D eigenvalue weighted by Crippen LogP contribution is 2.51. The zero-order chi connectivity index (χ0) is 17.1. The third kappa shape index (κ3) is 1.60. The summed E-state index contributed by atoms with van der Waals surface area (Å²) < 4.78 is 4.85. The van der Waals surface area contributed by atoms with E-state index in [0.717, 1.165) is 5.56 Å². The Labute approximate surface area is 137 Å². The van der Waals surface area contributed by atoms with Gasteiger partial charge >= 0.3 is 5.97 Å². The Balaban J connectivity index is 1.94. The zero-order valence-electron chi connectivity index (χ0n) is 12.9. The Morgan fingerprint density at radius 2 is 1.96 bits per heavy atom. The molecule has 3 fully saturated rings. The average Bonchev–Trinajstić information content (AvgIpc) is 3.19. The fraction of sp³-hybridized carbons (Fsp3) is 0.375. The molecule has 0 saturated carbocycles. The van der Waals surface area contributed by atoms with Crippen LogP contribution in [0.3, 0.4) is 0 Å². The molecule has 8 heteroatoms. The number of methoxy groups -OCH3 is 1. The lowest BCUT2D eigenvalue weighted by Gasteiger charge is -2.33. The van der Waals surface area contributed by atoms with Crippen LogP contribution in [0.25, 0.3) is 0 Å². The number of ether oxygens (including phenoxy) is 1. The molecule has 124 valence electrons. The number of fused-ring (bicyclic) bond motifs is 3. The van der Waals surface area contributed by atoms with E-state index < -0.39 is 35.3 Å². The van der Waals surface area contributed by atoms with E-state index in [0.29, 0.717) is 6.54 Å². The van der Waals surface area contributed by atoms with Crippen LogP contribution < -0.4 is 5.32 Å². The maximum atomic E-state index is 12.6. The van der Waals surface area contributed by atoms with Crippen molar-refractivity contribution in [2.75, 3.05) is 13.7 Å². The Hall–Kier alpha value is -2.74. The summed E-state index contributed by atoms with van der Waals surface area (Å²) in [5.74, 6) is -3.75. The fourth-order valence-electron chi connectivity index (χ4n) is 4.03. The zero-order valence-corrected chi connectivity index (χ0v) is 12.9. The summed E-state index contributed by atoms with van der Waals surface area (Å²) in [5, 5.41) is 5.34. The van der Waals surface area contributed by atoms with Crippen LogP contribution in [0.15, 0.2) is 30.3 Å². The largest absolute Gasteiger partial charge is 0.466 e. The Morgan fingerprint density at radius 3 is 2.62 bits per heavy atom. The van der Waals surface area contributed by atoms with E-state index in [1.807, 2.05) is 30.3 Å². The SMILES string of the molecule is COC(=O)C12NC(=O)C(=O)C1C(c1ccccc1)N1CCC(=O)N12. The van der Waals surface area contributed by atoms with Gasteiger partial charge in [-0.05, 0) is 5.56 Å². The van der Waals surface area contributed by atoms with Crippen LogP contribution in [0.1, 0.15) is 18.0 Å². The van der Waals surface area contributed by atoms with Crippen molar-refractivity contribution in [3.05, 3.63) is 35.9 Å². The average molecular weight is 329 g/mol. The standard InChI is InChI=1S/C16H15N3O5/c1-24-15(23)16-11(13(21)14(22)17-16)12(9-5-3-2-4-6-9)18-8-7-10(20)19(16)18/h2-6,11-12H,7-8H2,1H3,(H,17,22). The summed E-state index contributed by atoms with van der Waals surface area (Å²) in [6, 6.07) is 8.50. The van der Waals surface area contributed by atoms with Crippen LogP contribution in [0.4, 0.5) is 0 Å². The third-order valence-electron chi connectivity index (χ3n) is 4.92. The van der Waals surface area contributed by atoms with E-state index in [-0.39, 0.29) is 12.3 Å². The number of rotatable bonds is 2. The van der Waals surface area contributed by atoms with Crippen LogP contribution in [-0.4, -0.2) is 52.9 Å². The molecule has 1 aromatic carbocycles. The molecule has 0 radical (unpaired) electrons. The predicted molar refractivity (Wildman–Crippen MR) is 78.7 cm³/mol. The molecule has 0 aliphatic carbocycles. The van der Waals surface area contributed by atoms with Crippen LogP contribution in [0.2, 0.25) is 0 Å². The smallest absolute Gasteiger partial charge is 0.355 e. The van der Waals surface area contributed by atoms with Gasteiger partial charge in [0, 0.05) is 13.0 Å².